The molecule has 1 heterocycles. The van der Waals surface area contributed by atoms with Crippen LogP contribution in [0.25, 0.3) is 0 Å². The summed E-state index contributed by atoms with van der Waals surface area (Å²) < 4.78 is 1.67. The van der Waals surface area contributed by atoms with Crippen molar-refractivity contribution in [2.24, 2.45) is 0 Å². The molecule has 1 atom stereocenters. The molecule has 2 amide bonds. The van der Waals surface area contributed by atoms with Gasteiger partial charge in [0, 0.05) is 35.0 Å². The number of hydrogen-bond acceptors (Lipinski definition) is 2. The normalized spacial score (nSPS) is 19.4. The molecule has 1 saturated heterocycles. The van der Waals surface area contributed by atoms with Crippen molar-refractivity contribution in [2.45, 2.75) is 18.9 Å². The van der Waals surface area contributed by atoms with E-state index in [1.54, 1.807) is 18.0 Å². The molecule has 4 nitrogen and oxygen atoms in total. The van der Waals surface area contributed by atoms with Gasteiger partial charge in [-0.05, 0) is 40.5 Å². The Labute approximate surface area is 128 Å². The molecule has 2 rings (SSSR count). The minimum atomic E-state index is -0.118. The van der Waals surface area contributed by atoms with Crippen molar-refractivity contribution in [3.63, 3.8) is 0 Å². The summed E-state index contributed by atoms with van der Waals surface area (Å²) >= 11 is 6.73. The first-order chi connectivity index (χ1) is 8.97. The van der Waals surface area contributed by atoms with Crippen molar-refractivity contribution < 1.29 is 9.59 Å². The zero-order valence-electron chi connectivity index (χ0n) is 10.5. The lowest BCUT2D eigenvalue weighted by Crippen LogP contribution is -2.48. The third-order valence-corrected chi connectivity index (χ3v) is 4.29. The number of benzene rings is 1. The van der Waals surface area contributed by atoms with E-state index < -0.39 is 0 Å². The summed E-state index contributed by atoms with van der Waals surface area (Å²) in [6.07, 6.45) is 1.19. The maximum absolute atomic E-state index is 12.2. The quantitative estimate of drug-likeness (QED) is 0.844. The average molecular weight is 390 g/mol. The summed E-state index contributed by atoms with van der Waals surface area (Å²) in [5.74, 6) is 0.0162. The van der Waals surface area contributed by atoms with Crippen molar-refractivity contribution in [1.82, 2.24) is 10.2 Å². The Kier molecular flexibility index (Phi) is 4.62. The van der Waals surface area contributed by atoms with E-state index in [2.05, 4.69) is 37.2 Å². The maximum atomic E-state index is 12.2. The van der Waals surface area contributed by atoms with Gasteiger partial charge in [-0.25, -0.2) is 0 Å². The molecule has 1 N–H and O–H groups in total. The lowest BCUT2D eigenvalue weighted by molar-refractivity contribution is -0.132. The van der Waals surface area contributed by atoms with E-state index in [0.29, 0.717) is 24.9 Å². The van der Waals surface area contributed by atoms with Crippen molar-refractivity contribution in [3.05, 3.63) is 32.7 Å². The van der Waals surface area contributed by atoms with Gasteiger partial charge in [0.05, 0.1) is 5.56 Å². The fourth-order valence-electron chi connectivity index (χ4n) is 2.07. The monoisotopic (exact) mass is 388 g/mol. The second kappa shape index (κ2) is 6.05. The molecule has 1 unspecified atom stereocenters. The van der Waals surface area contributed by atoms with E-state index in [-0.39, 0.29) is 17.9 Å². The second-order valence-corrected chi connectivity index (χ2v) is 6.38. The van der Waals surface area contributed by atoms with E-state index in [1.165, 1.54) is 0 Å². The molecule has 0 saturated carbocycles. The zero-order valence-corrected chi connectivity index (χ0v) is 13.6. The molecular weight excluding hydrogens is 376 g/mol. The number of nitrogens with zero attached hydrogens (tertiary/aromatic N) is 1. The predicted octanol–water partition coefficient (Wildman–Crippen LogP) is 2.56. The van der Waals surface area contributed by atoms with E-state index in [4.69, 9.17) is 0 Å². The van der Waals surface area contributed by atoms with Gasteiger partial charge >= 0.3 is 0 Å². The molecule has 1 aromatic carbocycles. The first-order valence-corrected chi connectivity index (χ1v) is 7.56. The Balaban J connectivity index is 2.03. The molecule has 6 heteroatoms. The summed E-state index contributed by atoms with van der Waals surface area (Å²) in [5.41, 5.74) is 0.600. The van der Waals surface area contributed by atoms with Crippen LogP contribution >= 0.6 is 31.9 Å². The van der Waals surface area contributed by atoms with Crippen LogP contribution in [0.4, 0.5) is 0 Å². The smallest absolute Gasteiger partial charge is 0.252 e. The van der Waals surface area contributed by atoms with Crippen LogP contribution in [0.5, 0.6) is 0 Å². The number of hydrogen-bond donors (Lipinski definition) is 1. The fraction of sp³-hybridized carbons (Fsp3) is 0.385. The minimum absolute atomic E-state index is 0.0192. The number of carbonyl (C=O) groups excluding carboxylic acids is 2. The summed E-state index contributed by atoms with van der Waals surface area (Å²) in [5, 5.41) is 2.97. The SMILES string of the molecule is CN1CC(NC(=O)c2ccc(Br)cc2Br)CCC1=O. The highest BCUT2D eigenvalue weighted by Crippen LogP contribution is 2.22. The predicted molar refractivity (Wildman–Crippen MR) is 80.0 cm³/mol. The number of piperidine rings is 1. The van der Waals surface area contributed by atoms with Gasteiger partial charge in [-0.2, -0.15) is 0 Å². The zero-order chi connectivity index (χ0) is 14.0. The summed E-state index contributed by atoms with van der Waals surface area (Å²) in [6.45, 7) is 0.568. The number of nitrogens with one attached hydrogen (secondary N) is 1. The van der Waals surface area contributed by atoms with Crippen LogP contribution in [0.15, 0.2) is 27.1 Å². The molecule has 1 aliphatic rings. The van der Waals surface area contributed by atoms with E-state index in [1.807, 2.05) is 12.1 Å². The van der Waals surface area contributed by atoms with Crippen molar-refractivity contribution in [1.29, 1.82) is 0 Å². The van der Waals surface area contributed by atoms with Crippen LogP contribution in [0.1, 0.15) is 23.2 Å². The average Bonchev–Trinajstić information content (AvgIpc) is 2.33. The van der Waals surface area contributed by atoms with Crippen molar-refractivity contribution in [2.75, 3.05) is 13.6 Å². The van der Waals surface area contributed by atoms with Gasteiger partial charge in [0.15, 0.2) is 0 Å². The number of halogens is 2. The lowest BCUT2D eigenvalue weighted by Gasteiger charge is -2.30. The number of amides is 2. The molecular formula is C13H14Br2N2O2. The molecule has 0 spiro atoms. The molecule has 102 valence electrons. The van der Waals surface area contributed by atoms with Crippen molar-refractivity contribution in [3.8, 4) is 0 Å². The Bertz CT molecular complexity index is 519. The third-order valence-electron chi connectivity index (χ3n) is 3.14. The van der Waals surface area contributed by atoms with Gasteiger partial charge in [0.25, 0.3) is 5.91 Å². The molecule has 19 heavy (non-hydrogen) atoms. The molecule has 0 aromatic heterocycles. The van der Waals surface area contributed by atoms with Gasteiger partial charge in [0.1, 0.15) is 0 Å². The maximum Gasteiger partial charge on any atom is 0.252 e. The van der Waals surface area contributed by atoms with E-state index in [9.17, 15) is 9.59 Å². The topological polar surface area (TPSA) is 49.4 Å². The third kappa shape index (κ3) is 3.57. The summed E-state index contributed by atoms with van der Waals surface area (Å²) in [6, 6.07) is 5.45. The van der Waals surface area contributed by atoms with Crippen molar-refractivity contribution >= 4 is 43.7 Å². The second-order valence-electron chi connectivity index (χ2n) is 4.61. The molecule has 1 aliphatic heterocycles. The molecule has 0 bridgehead atoms. The van der Waals surface area contributed by atoms with Crippen LogP contribution in [0, 0.1) is 0 Å². The van der Waals surface area contributed by atoms with Gasteiger partial charge in [-0.15, -0.1) is 0 Å². The number of rotatable bonds is 2. The van der Waals surface area contributed by atoms with Crippen LogP contribution in [-0.4, -0.2) is 36.3 Å². The van der Waals surface area contributed by atoms with Crippen LogP contribution in [0.3, 0.4) is 0 Å². The van der Waals surface area contributed by atoms with E-state index in [0.717, 1.165) is 8.95 Å². The first kappa shape index (κ1) is 14.5. The number of carbonyl (C=O) groups is 2. The lowest BCUT2D eigenvalue weighted by atomic mass is 10.1. The highest BCUT2D eigenvalue weighted by atomic mass is 79.9. The van der Waals surface area contributed by atoms with Crippen LogP contribution in [-0.2, 0) is 4.79 Å². The van der Waals surface area contributed by atoms with Gasteiger partial charge < -0.3 is 10.2 Å². The Morgan fingerprint density at radius 2 is 2.16 bits per heavy atom. The van der Waals surface area contributed by atoms with Crippen LogP contribution < -0.4 is 5.32 Å². The molecule has 0 aliphatic carbocycles. The van der Waals surface area contributed by atoms with E-state index >= 15 is 0 Å². The van der Waals surface area contributed by atoms with Gasteiger partial charge in [0.2, 0.25) is 5.91 Å². The standard InChI is InChI=1S/C13H14Br2N2O2/c1-17-7-9(3-5-12(17)18)16-13(19)10-4-2-8(14)6-11(10)15/h2,4,6,9H,3,5,7H2,1H3,(H,16,19). The van der Waals surface area contributed by atoms with Gasteiger partial charge in [-0.1, -0.05) is 15.9 Å². The minimum Gasteiger partial charge on any atom is -0.347 e. The van der Waals surface area contributed by atoms with Gasteiger partial charge in [-0.3, -0.25) is 9.59 Å². The summed E-state index contributed by atoms with van der Waals surface area (Å²) in [7, 11) is 1.76. The fourth-order valence-corrected chi connectivity index (χ4v) is 3.29. The first-order valence-electron chi connectivity index (χ1n) is 5.97. The Morgan fingerprint density at radius 1 is 1.42 bits per heavy atom. The molecule has 1 aromatic rings. The highest BCUT2D eigenvalue weighted by molar-refractivity contribution is 9.11. The largest absolute Gasteiger partial charge is 0.347 e. The Hall–Kier alpha value is -0.880. The number of likely N-dealkylation sites (N-methyl/N-ethyl adjacent to an activating group) is 1. The molecule has 1 fully saturated rings. The molecule has 0 radical (unpaired) electrons. The number of likely N-dealkylation sites (tertiary alicyclic amines) is 1. The Morgan fingerprint density at radius 3 is 2.79 bits per heavy atom. The summed E-state index contributed by atoms with van der Waals surface area (Å²) in [4.78, 5) is 25.2. The highest BCUT2D eigenvalue weighted by Gasteiger charge is 2.24. The van der Waals surface area contributed by atoms with Crippen LogP contribution in [0.2, 0.25) is 0 Å².